The lowest BCUT2D eigenvalue weighted by Gasteiger charge is -2.14. The second kappa shape index (κ2) is 8.31. The predicted molar refractivity (Wildman–Crippen MR) is 90.1 cm³/mol. The molecule has 1 aromatic carbocycles. The quantitative estimate of drug-likeness (QED) is 0.580. The maximum atomic E-state index is 12.3. The van der Waals surface area contributed by atoms with E-state index in [1.54, 1.807) is 12.1 Å². The van der Waals surface area contributed by atoms with Crippen LogP contribution in [-0.2, 0) is 6.54 Å². The van der Waals surface area contributed by atoms with E-state index in [0.717, 1.165) is 24.5 Å². The van der Waals surface area contributed by atoms with Crippen LogP contribution >= 0.6 is 0 Å². The monoisotopic (exact) mass is 359 g/mol. The zero-order valence-electron chi connectivity index (χ0n) is 14.6. The van der Waals surface area contributed by atoms with Crippen LogP contribution in [0.3, 0.4) is 0 Å². The number of halogens is 3. The van der Waals surface area contributed by atoms with Gasteiger partial charge in [-0.2, -0.15) is 13.2 Å². The van der Waals surface area contributed by atoms with Gasteiger partial charge in [0.1, 0.15) is 0 Å². The van der Waals surface area contributed by atoms with Crippen LogP contribution in [0.4, 0.5) is 13.2 Å². The smallest absolute Gasteiger partial charge is 0.422 e. The Morgan fingerprint density at radius 1 is 1.32 bits per heavy atom. The number of methoxy groups -OCH3 is 1. The minimum atomic E-state index is -4.39. The standard InChI is InChI=1S/C17H24F3N3O2/c1-4-21-16(23-13-7-11(13)2)22-9-12-5-6-14(15(8-12)24-3)25-10-17(18,19)20/h5-6,8,11,13H,4,7,9-10H2,1-3H3,(H2,21,22,23). The van der Waals surface area contributed by atoms with Crippen molar-refractivity contribution in [2.24, 2.45) is 10.9 Å². The van der Waals surface area contributed by atoms with Gasteiger partial charge in [0.15, 0.2) is 24.1 Å². The van der Waals surface area contributed by atoms with Gasteiger partial charge in [0.2, 0.25) is 0 Å². The van der Waals surface area contributed by atoms with Gasteiger partial charge in [0, 0.05) is 12.6 Å². The number of benzene rings is 1. The first-order chi connectivity index (χ1) is 11.8. The zero-order chi connectivity index (χ0) is 18.4. The van der Waals surface area contributed by atoms with Crippen LogP contribution in [0.2, 0.25) is 0 Å². The van der Waals surface area contributed by atoms with E-state index in [0.29, 0.717) is 18.5 Å². The van der Waals surface area contributed by atoms with Crippen molar-refractivity contribution < 1.29 is 22.6 Å². The fourth-order valence-corrected chi connectivity index (χ4v) is 2.28. The molecule has 0 aliphatic heterocycles. The Morgan fingerprint density at radius 2 is 2.04 bits per heavy atom. The molecule has 1 saturated carbocycles. The molecule has 2 N–H and O–H groups in total. The number of alkyl halides is 3. The summed E-state index contributed by atoms with van der Waals surface area (Å²) < 4.78 is 46.7. The largest absolute Gasteiger partial charge is 0.493 e. The Morgan fingerprint density at radius 3 is 2.60 bits per heavy atom. The summed E-state index contributed by atoms with van der Waals surface area (Å²) in [5, 5.41) is 6.53. The maximum absolute atomic E-state index is 12.3. The molecule has 0 saturated heterocycles. The summed E-state index contributed by atoms with van der Waals surface area (Å²) in [6.07, 6.45) is -3.26. The van der Waals surface area contributed by atoms with Crippen molar-refractivity contribution in [3.8, 4) is 11.5 Å². The van der Waals surface area contributed by atoms with Crippen molar-refractivity contribution in [3.05, 3.63) is 23.8 Å². The Hall–Kier alpha value is -2.12. The van der Waals surface area contributed by atoms with Crippen molar-refractivity contribution in [1.82, 2.24) is 10.6 Å². The van der Waals surface area contributed by atoms with Gasteiger partial charge in [-0.15, -0.1) is 0 Å². The second-order valence-electron chi connectivity index (χ2n) is 6.05. The van der Waals surface area contributed by atoms with Gasteiger partial charge in [-0.3, -0.25) is 0 Å². The van der Waals surface area contributed by atoms with Gasteiger partial charge in [0.25, 0.3) is 0 Å². The number of ether oxygens (including phenoxy) is 2. The average molecular weight is 359 g/mol. The normalized spacial score (nSPS) is 20.2. The predicted octanol–water partition coefficient (Wildman–Crippen LogP) is 3.10. The molecular weight excluding hydrogens is 335 g/mol. The summed E-state index contributed by atoms with van der Waals surface area (Å²) in [4.78, 5) is 4.51. The molecule has 1 fully saturated rings. The molecule has 1 aliphatic rings. The average Bonchev–Trinajstić information content (AvgIpc) is 3.25. The van der Waals surface area contributed by atoms with Crippen LogP contribution in [0.5, 0.6) is 11.5 Å². The second-order valence-corrected chi connectivity index (χ2v) is 6.05. The van der Waals surface area contributed by atoms with E-state index in [1.807, 2.05) is 6.92 Å². The number of nitrogens with one attached hydrogen (secondary N) is 2. The number of guanidine groups is 1. The van der Waals surface area contributed by atoms with Gasteiger partial charge in [0.05, 0.1) is 13.7 Å². The van der Waals surface area contributed by atoms with Gasteiger partial charge in [-0.1, -0.05) is 13.0 Å². The van der Waals surface area contributed by atoms with Crippen molar-refractivity contribution in [2.75, 3.05) is 20.3 Å². The molecule has 8 heteroatoms. The van der Waals surface area contributed by atoms with E-state index in [4.69, 9.17) is 9.47 Å². The molecule has 1 aromatic rings. The highest BCUT2D eigenvalue weighted by Gasteiger charge is 2.33. The van der Waals surface area contributed by atoms with Crippen LogP contribution in [0.15, 0.2) is 23.2 Å². The molecule has 0 bridgehead atoms. The summed E-state index contributed by atoms with van der Waals surface area (Å²) in [5.74, 6) is 1.69. The summed E-state index contributed by atoms with van der Waals surface area (Å²) in [5.41, 5.74) is 0.817. The Bertz CT molecular complexity index is 605. The van der Waals surface area contributed by atoms with E-state index < -0.39 is 12.8 Å². The van der Waals surface area contributed by atoms with Crippen LogP contribution in [0.25, 0.3) is 0 Å². The Labute approximate surface area is 145 Å². The number of aliphatic imine (C=N–C) groups is 1. The molecule has 0 heterocycles. The van der Waals surface area contributed by atoms with Crippen molar-refractivity contribution in [3.63, 3.8) is 0 Å². The first-order valence-corrected chi connectivity index (χ1v) is 8.23. The van der Waals surface area contributed by atoms with Crippen molar-refractivity contribution in [1.29, 1.82) is 0 Å². The van der Waals surface area contributed by atoms with Crippen molar-refractivity contribution in [2.45, 2.75) is 39.0 Å². The topological polar surface area (TPSA) is 54.9 Å². The minimum Gasteiger partial charge on any atom is -0.493 e. The highest BCUT2D eigenvalue weighted by atomic mass is 19.4. The van der Waals surface area contributed by atoms with Crippen molar-refractivity contribution >= 4 is 5.96 Å². The number of rotatable bonds is 7. The fourth-order valence-electron chi connectivity index (χ4n) is 2.28. The third-order valence-electron chi connectivity index (χ3n) is 3.81. The molecule has 0 aromatic heterocycles. The number of hydrogen-bond donors (Lipinski definition) is 2. The first kappa shape index (κ1) is 19.2. The molecule has 1 aliphatic carbocycles. The lowest BCUT2D eigenvalue weighted by Crippen LogP contribution is -2.39. The van der Waals surface area contributed by atoms with E-state index in [-0.39, 0.29) is 11.5 Å². The third-order valence-corrected chi connectivity index (χ3v) is 3.81. The number of nitrogens with zero attached hydrogens (tertiary/aromatic N) is 1. The molecule has 5 nitrogen and oxygen atoms in total. The Balaban J connectivity index is 2.01. The molecule has 25 heavy (non-hydrogen) atoms. The van der Waals surface area contributed by atoms with Crippen LogP contribution < -0.4 is 20.1 Å². The molecular formula is C17H24F3N3O2. The summed E-state index contributed by atoms with van der Waals surface area (Å²) >= 11 is 0. The highest BCUT2D eigenvalue weighted by molar-refractivity contribution is 5.80. The van der Waals surface area contributed by atoms with Crippen LogP contribution in [-0.4, -0.2) is 38.4 Å². The van der Waals surface area contributed by atoms with Crippen LogP contribution in [0, 0.1) is 5.92 Å². The molecule has 2 atom stereocenters. The molecule has 0 radical (unpaired) electrons. The lowest BCUT2D eigenvalue weighted by atomic mass is 10.2. The lowest BCUT2D eigenvalue weighted by molar-refractivity contribution is -0.153. The summed E-state index contributed by atoms with van der Waals surface area (Å²) in [7, 11) is 1.39. The summed E-state index contributed by atoms with van der Waals surface area (Å²) in [6.45, 7) is 3.94. The number of hydrogen-bond acceptors (Lipinski definition) is 3. The highest BCUT2D eigenvalue weighted by Crippen LogP contribution is 2.30. The Kier molecular flexibility index (Phi) is 6.39. The van der Waals surface area contributed by atoms with Gasteiger partial charge in [-0.05, 0) is 37.0 Å². The van der Waals surface area contributed by atoms with Gasteiger partial charge >= 0.3 is 6.18 Å². The zero-order valence-corrected chi connectivity index (χ0v) is 14.6. The van der Waals surface area contributed by atoms with Gasteiger partial charge < -0.3 is 20.1 Å². The van der Waals surface area contributed by atoms with E-state index in [9.17, 15) is 13.2 Å². The summed E-state index contributed by atoms with van der Waals surface area (Å²) in [6, 6.07) is 5.24. The SMILES string of the molecule is CCNC(=NCc1ccc(OCC(F)(F)F)c(OC)c1)NC1CC1C. The minimum absolute atomic E-state index is 0.0596. The molecule has 0 amide bonds. The molecule has 2 unspecified atom stereocenters. The van der Waals surface area contributed by atoms with E-state index >= 15 is 0 Å². The van der Waals surface area contributed by atoms with Gasteiger partial charge in [-0.25, -0.2) is 4.99 Å². The first-order valence-electron chi connectivity index (χ1n) is 8.23. The molecule has 2 rings (SSSR count). The molecule has 0 spiro atoms. The van der Waals surface area contributed by atoms with E-state index in [2.05, 4.69) is 22.5 Å². The van der Waals surface area contributed by atoms with Crippen LogP contribution in [0.1, 0.15) is 25.8 Å². The molecule has 140 valence electrons. The fraction of sp³-hybridized carbons (Fsp3) is 0.588. The maximum Gasteiger partial charge on any atom is 0.422 e. The third kappa shape index (κ3) is 6.36. The van der Waals surface area contributed by atoms with E-state index in [1.165, 1.54) is 13.2 Å².